The standard InChI is InChI=1S/C12H10S3.C10H22O5S2.C10H14S2.C8H18O5S2.C8H18O4S2.C7H16S5.C6H6S.C4H10O4S2.3CH2O.CH4S/c13-9-1-5-11(6-2-9)15-12-7-3-10(14)4-8-12;16-9-1-3-12-14-7-5-11-6-8-15-13-4-2-10-17;1-10(2,3)7-4-5-8(11)9(12)6-7;14-7-5-12-10-3-1-9-2-4-11-13-6-8-15;13-7-1-3-9-11-5-6-12-10-4-2-8-14;8-1-3-11-6-7(5-10)12-4-2-9;7-6-4-2-1-3-5-6;9-3-7-5-1-2-6-8-4-10;4*1-2/h1-8,13-14H;16-17H,1-10H2;4-6,11-12H,1-3H3;14-15H,1-8H2;13-14H,1-8H2;7-10H,1-6H2;1-5,7H;9-10H,1-4H2;3*1H2;2H,1H3. The van der Waals surface area contributed by atoms with E-state index in [1.807, 2.05) is 105 Å². The molecule has 0 saturated heterocycles. The minimum absolute atomic E-state index is 0.193. The molecule has 1 atom stereocenters. The van der Waals surface area contributed by atoms with Crippen molar-refractivity contribution in [3.05, 3.63) is 103 Å². The van der Waals surface area contributed by atoms with Gasteiger partial charge in [0, 0.05) is 74.0 Å². The molecule has 4 rings (SSSR count). The zero-order chi connectivity index (χ0) is 84.3. The van der Waals surface area contributed by atoms with Crippen LogP contribution in [0.1, 0.15) is 52.0 Å². The van der Waals surface area contributed by atoms with Crippen LogP contribution in [0.3, 0.4) is 0 Å². The number of ether oxygens (including phenoxy) is 2. The molecule has 646 valence electrons. The second-order valence-corrected chi connectivity index (χ2v) is 30.2. The van der Waals surface area contributed by atoms with Crippen molar-refractivity contribution in [1.82, 2.24) is 0 Å². The normalized spacial score (nSPS) is 10.3. The van der Waals surface area contributed by atoms with Gasteiger partial charge in [-0.2, -0.15) is 150 Å². The van der Waals surface area contributed by atoms with Gasteiger partial charge in [0.2, 0.25) is 0 Å². The van der Waals surface area contributed by atoms with E-state index >= 15 is 0 Å². The fourth-order valence-electron chi connectivity index (χ4n) is 5.41. The van der Waals surface area contributed by atoms with E-state index in [1.54, 1.807) is 18.0 Å². The van der Waals surface area contributed by atoms with Crippen molar-refractivity contribution < 1.29 is 102 Å². The Morgan fingerprint density at radius 3 is 0.918 bits per heavy atom. The predicted octanol–water partition coefficient (Wildman–Crippen LogP) is 17.0. The number of rotatable bonds is 54. The van der Waals surface area contributed by atoms with E-state index in [9.17, 15) is 0 Å². The van der Waals surface area contributed by atoms with Crippen molar-refractivity contribution in [3.8, 4) is 0 Å². The first kappa shape index (κ1) is 128. The van der Waals surface area contributed by atoms with Gasteiger partial charge in [-0.1, -0.05) is 56.8 Å². The molecule has 0 heterocycles. The summed E-state index contributed by atoms with van der Waals surface area (Å²) in [5.74, 6) is 11.3. The maximum absolute atomic E-state index is 8.00. The summed E-state index contributed by atoms with van der Waals surface area (Å²) in [5.41, 5.74) is 1.49. The van der Waals surface area contributed by atoms with E-state index in [1.165, 1.54) is 21.1 Å². The van der Waals surface area contributed by atoms with Crippen LogP contribution in [0.4, 0.5) is 0 Å². The number of hydrogen-bond donors (Lipinski definition) is 17. The van der Waals surface area contributed by atoms with Crippen LogP contribution in [0.15, 0.2) is 131 Å². The van der Waals surface area contributed by atoms with Crippen LogP contribution in [0, 0.1) is 0 Å². The highest BCUT2D eigenvalue weighted by molar-refractivity contribution is 8.04. The van der Waals surface area contributed by atoms with Gasteiger partial charge in [-0.25, -0.2) is 78.2 Å². The third kappa shape index (κ3) is 112. The first-order chi connectivity index (χ1) is 53.5. The van der Waals surface area contributed by atoms with Crippen LogP contribution in [0.5, 0.6) is 0 Å². The molecule has 4 aromatic rings. The monoisotopic (exact) mass is 1930 g/mol. The summed E-state index contributed by atoms with van der Waals surface area (Å²) in [6.07, 6.45) is 5.20. The SMILES string of the molecule is C=O.C=O.C=O.CC(C)(C)c1ccc(S)c(S)c1.CS.SCCCOOCCOCCOOCCCS.SCCCOOCCOOCCCS.SCCOOCCOCCOOCCS.SCCSCC(CS)SCCS.SCOOCCOOCS.Sc1ccc(Sc2ccc(S)cc2)cc1.Sc1ccccc1. The summed E-state index contributed by atoms with van der Waals surface area (Å²) in [7, 11) is 0. The zero-order valence-electron chi connectivity index (χ0n) is 63.3. The lowest BCUT2D eigenvalue weighted by molar-refractivity contribution is -0.340. The van der Waals surface area contributed by atoms with E-state index < -0.39 is 0 Å². The summed E-state index contributed by atoms with van der Waals surface area (Å²) >= 11 is 74.5. The van der Waals surface area contributed by atoms with Gasteiger partial charge >= 0.3 is 0 Å². The summed E-state index contributed by atoms with van der Waals surface area (Å²) in [6, 6.07) is 32.2. The number of carbonyl (C=O) groups excluding carboxylic acids is 3. The maximum atomic E-state index is 8.00. The molecule has 110 heavy (non-hydrogen) atoms. The summed E-state index contributed by atoms with van der Waals surface area (Å²) in [4.78, 5) is 107. The number of benzene rings is 4. The topological polar surface area (TPSA) is 217 Å². The molecule has 41 heteroatoms. The van der Waals surface area contributed by atoms with E-state index in [4.69, 9.17) is 82.5 Å². The van der Waals surface area contributed by atoms with Crippen LogP contribution >= 0.6 is 250 Å². The molecule has 0 aliphatic heterocycles. The number of thiol groups is 17. The van der Waals surface area contributed by atoms with Crippen LogP contribution < -0.4 is 0 Å². The molecule has 0 radical (unpaired) electrons. The lowest BCUT2D eigenvalue weighted by Gasteiger charge is -2.19. The lowest BCUT2D eigenvalue weighted by atomic mass is 9.87. The molecule has 1 unspecified atom stereocenters. The molecule has 0 bridgehead atoms. The van der Waals surface area contributed by atoms with Gasteiger partial charge in [-0.05, 0) is 150 Å². The molecule has 0 aliphatic carbocycles. The summed E-state index contributed by atoms with van der Waals surface area (Å²) < 4.78 is 10.4. The van der Waals surface area contributed by atoms with Crippen molar-refractivity contribution >= 4 is 270 Å². The van der Waals surface area contributed by atoms with Crippen molar-refractivity contribution in [1.29, 1.82) is 0 Å². The Labute approximate surface area is 764 Å². The first-order valence-corrected chi connectivity index (χ1v) is 46.5. The molecular weight excluding hydrogens is 1810 g/mol. The van der Waals surface area contributed by atoms with Gasteiger partial charge < -0.3 is 23.9 Å². The molecule has 0 amide bonds. The molecule has 0 aliphatic rings. The lowest BCUT2D eigenvalue weighted by Crippen LogP contribution is -2.10. The maximum Gasteiger partial charge on any atom is 0.125 e. The van der Waals surface area contributed by atoms with Gasteiger partial charge in [0.05, 0.1) is 66.1 Å². The molecule has 0 fully saturated rings. The number of carbonyl (C=O) groups is 3. The van der Waals surface area contributed by atoms with E-state index in [0.29, 0.717) is 136 Å². The highest BCUT2D eigenvalue weighted by Crippen LogP contribution is 2.29. The molecular formula is C69H124O21S20. The van der Waals surface area contributed by atoms with Crippen LogP contribution in [-0.2, 0) is 107 Å². The Morgan fingerprint density at radius 2 is 0.645 bits per heavy atom. The molecule has 21 nitrogen and oxygen atoms in total. The number of hydrogen-bond acceptors (Lipinski definition) is 41. The van der Waals surface area contributed by atoms with E-state index in [2.05, 4.69) is 291 Å². The van der Waals surface area contributed by atoms with Gasteiger partial charge in [0.25, 0.3) is 0 Å². The molecule has 0 aromatic heterocycles. The zero-order valence-corrected chi connectivity index (χ0v) is 80.9. The average Bonchev–Trinajstić information content (AvgIpc) is 0.850. The van der Waals surface area contributed by atoms with Crippen molar-refractivity contribution in [3.63, 3.8) is 0 Å². The van der Waals surface area contributed by atoms with E-state index in [0.717, 1.165) is 102 Å². The Bertz CT molecular complexity index is 2200. The first-order valence-electron chi connectivity index (χ1n) is 33.4. The Balaban J connectivity index is -0.000000179. The van der Waals surface area contributed by atoms with Crippen molar-refractivity contribution in [2.24, 2.45) is 0 Å². The van der Waals surface area contributed by atoms with E-state index in [-0.39, 0.29) is 17.3 Å². The van der Waals surface area contributed by atoms with Gasteiger partial charge in [0.15, 0.2) is 0 Å². The second-order valence-electron chi connectivity index (χ2n) is 19.6. The third-order valence-corrected chi connectivity index (χ3v) is 19.1. The minimum atomic E-state index is 0.193. The third-order valence-electron chi connectivity index (χ3n) is 10.1. The molecule has 0 N–H and O–H groups in total. The Morgan fingerprint density at radius 1 is 0.336 bits per heavy atom. The Hall–Kier alpha value is 2.17. The highest BCUT2D eigenvalue weighted by Gasteiger charge is 2.14. The Kier molecular flexibility index (Phi) is 134. The predicted molar refractivity (Wildman–Crippen MR) is 513 cm³/mol. The van der Waals surface area contributed by atoms with Gasteiger partial charge in [-0.3, -0.25) is 0 Å². The second kappa shape index (κ2) is 115. The fraction of sp³-hybridized carbons (Fsp3) is 0.609. The number of thioether (sulfide) groups is 2. The smallest absolute Gasteiger partial charge is 0.125 e. The summed E-state index contributed by atoms with van der Waals surface area (Å²) in [6.45, 7) is 20.6. The fourth-order valence-corrected chi connectivity index (χ4v) is 11.1. The average molecular weight is 1930 g/mol. The van der Waals surface area contributed by atoms with Gasteiger partial charge in [-0.15, -0.1) is 88.4 Å². The quantitative estimate of drug-likeness (QED) is 0.00650. The van der Waals surface area contributed by atoms with Crippen molar-refractivity contribution in [2.75, 3.05) is 206 Å². The summed E-state index contributed by atoms with van der Waals surface area (Å²) in [5, 5.41) is 0.686. The molecule has 0 saturated carbocycles. The van der Waals surface area contributed by atoms with Crippen LogP contribution in [0.2, 0.25) is 0 Å². The van der Waals surface area contributed by atoms with Crippen LogP contribution in [-0.4, -0.2) is 232 Å². The largest absolute Gasteiger partial charge is 0.376 e. The molecule has 0 spiro atoms. The van der Waals surface area contributed by atoms with Crippen LogP contribution in [0.25, 0.3) is 0 Å². The minimum Gasteiger partial charge on any atom is -0.376 e. The highest BCUT2D eigenvalue weighted by atomic mass is 32.2. The van der Waals surface area contributed by atoms with Crippen molar-refractivity contribution in [2.45, 2.75) is 91.4 Å². The molecule has 4 aromatic carbocycles. The van der Waals surface area contributed by atoms with Gasteiger partial charge in [0.1, 0.15) is 85.1 Å².